The van der Waals surface area contributed by atoms with Gasteiger partial charge in [-0.1, -0.05) is 24.6 Å². The molecule has 1 atom stereocenters. The van der Waals surface area contributed by atoms with Crippen LogP contribution in [0.5, 0.6) is 0 Å². The molecule has 0 aliphatic carbocycles. The number of anilines is 1. The fourth-order valence-electron chi connectivity index (χ4n) is 1.79. The van der Waals surface area contributed by atoms with Crippen molar-refractivity contribution < 1.29 is 9.26 Å². The number of nitrogens with two attached hydrogens (primary N) is 1. The second-order valence-corrected chi connectivity index (χ2v) is 4.14. The minimum Gasteiger partial charge on any atom is -0.384 e. The monoisotopic (exact) mass is 262 g/mol. The molecule has 0 radical (unpaired) electrons. The minimum atomic E-state index is -0.131. The van der Waals surface area contributed by atoms with E-state index in [-0.39, 0.29) is 6.10 Å². The molecule has 0 aliphatic heterocycles. The van der Waals surface area contributed by atoms with Gasteiger partial charge < -0.3 is 15.0 Å². The highest BCUT2D eigenvalue weighted by Gasteiger charge is 2.19. The van der Waals surface area contributed by atoms with Crippen molar-refractivity contribution in [1.29, 1.82) is 0 Å². The molecule has 102 valence electrons. The van der Waals surface area contributed by atoms with Crippen molar-refractivity contribution in [3.05, 3.63) is 24.0 Å². The zero-order valence-corrected chi connectivity index (χ0v) is 11.2. The predicted molar refractivity (Wildman–Crippen MR) is 71.2 cm³/mol. The summed E-state index contributed by atoms with van der Waals surface area (Å²) in [6.07, 6.45) is 1.72. The van der Waals surface area contributed by atoms with E-state index >= 15 is 0 Å². The van der Waals surface area contributed by atoms with Gasteiger partial charge in [0.25, 0.3) is 5.89 Å². The average molecular weight is 262 g/mol. The molecule has 0 fully saturated rings. The maximum absolute atomic E-state index is 5.63. The first kappa shape index (κ1) is 13.5. The van der Waals surface area contributed by atoms with Crippen molar-refractivity contribution in [3.8, 4) is 11.6 Å². The van der Waals surface area contributed by atoms with E-state index in [4.69, 9.17) is 15.0 Å². The van der Waals surface area contributed by atoms with Crippen molar-refractivity contribution in [2.75, 3.05) is 12.3 Å². The van der Waals surface area contributed by atoms with Crippen molar-refractivity contribution in [3.63, 3.8) is 0 Å². The first-order chi connectivity index (χ1) is 9.24. The van der Waals surface area contributed by atoms with Gasteiger partial charge in [-0.05, 0) is 25.5 Å². The lowest BCUT2D eigenvalue weighted by atomic mass is 10.2. The number of nitrogens with zero attached hydrogens (tertiary/aromatic N) is 3. The van der Waals surface area contributed by atoms with Crippen LogP contribution in [0.3, 0.4) is 0 Å². The summed E-state index contributed by atoms with van der Waals surface area (Å²) in [5, 5.41) is 3.97. The van der Waals surface area contributed by atoms with Crippen LogP contribution in [-0.4, -0.2) is 21.7 Å². The quantitative estimate of drug-likeness (QED) is 0.861. The summed E-state index contributed by atoms with van der Waals surface area (Å²) in [6.45, 7) is 4.65. The molecule has 2 aromatic heterocycles. The van der Waals surface area contributed by atoms with Crippen LogP contribution in [0.25, 0.3) is 11.6 Å². The molecule has 0 spiro atoms. The molecule has 2 rings (SSSR count). The molecule has 0 saturated carbocycles. The Labute approximate surface area is 112 Å². The van der Waals surface area contributed by atoms with E-state index in [0.29, 0.717) is 29.8 Å². The van der Waals surface area contributed by atoms with Crippen LogP contribution < -0.4 is 5.73 Å². The van der Waals surface area contributed by atoms with Gasteiger partial charge >= 0.3 is 0 Å². The van der Waals surface area contributed by atoms with Crippen molar-refractivity contribution in [1.82, 2.24) is 15.1 Å². The van der Waals surface area contributed by atoms with Gasteiger partial charge in [-0.15, -0.1) is 0 Å². The van der Waals surface area contributed by atoms with Gasteiger partial charge in [0.15, 0.2) is 0 Å². The van der Waals surface area contributed by atoms with Gasteiger partial charge in [0, 0.05) is 6.61 Å². The largest absolute Gasteiger partial charge is 0.384 e. The number of ether oxygens (including phenoxy) is 1. The summed E-state index contributed by atoms with van der Waals surface area (Å²) >= 11 is 0. The highest BCUT2D eigenvalue weighted by atomic mass is 16.5. The number of nitrogen functional groups attached to an aromatic ring is 1. The highest BCUT2D eigenvalue weighted by molar-refractivity contribution is 5.49. The zero-order valence-electron chi connectivity index (χ0n) is 11.2. The minimum absolute atomic E-state index is 0.131. The van der Waals surface area contributed by atoms with E-state index in [0.717, 1.165) is 12.8 Å². The van der Waals surface area contributed by atoms with Gasteiger partial charge in [0.05, 0.1) is 0 Å². The second kappa shape index (κ2) is 6.29. The Balaban J connectivity index is 2.22. The number of hydrogen-bond donors (Lipinski definition) is 1. The zero-order chi connectivity index (χ0) is 13.7. The third-order valence-corrected chi connectivity index (χ3v) is 2.64. The van der Waals surface area contributed by atoms with Gasteiger partial charge in [0.2, 0.25) is 5.82 Å². The van der Waals surface area contributed by atoms with E-state index in [2.05, 4.69) is 22.0 Å². The number of pyridine rings is 1. The Morgan fingerprint density at radius 2 is 2.16 bits per heavy atom. The standard InChI is InChI=1S/C13H18N4O2/c1-3-6-10(18-4-2)12-16-13(19-17-12)9-7-5-8-11(14)15-9/h5,7-8,10H,3-4,6H2,1-2H3,(H2,14,15). The van der Waals surface area contributed by atoms with Crippen LogP contribution in [0.1, 0.15) is 38.6 Å². The predicted octanol–water partition coefficient (Wildman–Crippen LogP) is 2.59. The summed E-state index contributed by atoms with van der Waals surface area (Å²) in [5.74, 6) is 1.35. The van der Waals surface area contributed by atoms with Gasteiger partial charge in [-0.2, -0.15) is 4.98 Å². The van der Waals surface area contributed by atoms with Crippen LogP contribution in [0.15, 0.2) is 22.7 Å². The van der Waals surface area contributed by atoms with Crippen LogP contribution in [0, 0.1) is 0 Å². The normalized spacial score (nSPS) is 12.5. The lowest BCUT2D eigenvalue weighted by Gasteiger charge is -2.10. The van der Waals surface area contributed by atoms with E-state index in [9.17, 15) is 0 Å². The van der Waals surface area contributed by atoms with E-state index in [1.807, 2.05) is 6.92 Å². The summed E-state index contributed by atoms with van der Waals surface area (Å²) in [6, 6.07) is 5.29. The third-order valence-electron chi connectivity index (χ3n) is 2.64. The fraction of sp³-hybridized carbons (Fsp3) is 0.462. The molecular weight excluding hydrogens is 244 g/mol. The summed E-state index contributed by atoms with van der Waals surface area (Å²) in [5.41, 5.74) is 6.21. The Morgan fingerprint density at radius 3 is 2.84 bits per heavy atom. The molecule has 2 heterocycles. The summed E-state index contributed by atoms with van der Waals surface area (Å²) < 4.78 is 10.8. The van der Waals surface area contributed by atoms with Crippen LogP contribution >= 0.6 is 0 Å². The van der Waals surface area contributed by atoms with Gasteiger partial charge in [0.1, 0.15) is 17.6 Å². The number of aromatic nitrogens is 3. The Bertz CT molecular complexity index is 521. The smallest absolute Gasteiger partial charge is 0.276 e. The molecule has 2 N–H and O–H groups in total. The number of hydrogen-bond acceptors (Lipinski definition) is 6. The molecule has 0 aliphatic rings. The Morgan fingerprint density at radius 1 is 1.32 bits per heavy atom. The second-order valence-electron chi connectivity index (χ2n) is 4.14. The Kier molecular flexibility index (Phi) is 4.46. The maximum Gasteiger partial charge on any atom is 0.276 e. The summed E-state index contributed by atoms with van der Waals surface area (Å²) in [7, 11) is 0. The fourth-order valence-corrected chi connectivity index (χ4v) is 1.79. The van der Waals surface area contributed by atoms with Gasteiger partial charge in [-0.25, -0.2) is 4.98 Å². The van der Waals surface area contributed by atoms with Crippen LogP contribution in [-0.2, 0) is 4.74 Å². The third kappa shape index (κ3) is 3.29. The first-order valence-electron chi connectivity index (χ1n) is 6.42. The first-order valence-corrected chi connectivity index (χ1v) is 6.42. The van der Waals surface area contributed by atoms with Crippen LogP contribution in [0.2, 0.25) is 0 Å². The topological polar surface area (TPSA) is 87.1 Å². The van der Waals surface area contributed by atoms with Gasteiger partial charge in [-0.3, -0.25) is 0 Å². The molecule has 6 heteroatoms. The molecule has 2 aromatic rings. The average Bonchev–Trinajstić information content (AvgIpc) is 2.88. The molecule has 1 unspecified atom stereocenters. The summed E-state index contributed by atoms with van der Waals surface area (Å²) in [4.78, 5) is 8.49. The molecule has 6 nitrogen and oxygen atoms in total. The highest BCUT2D eigenvalue weighted by Crippen LogP contribution is 2.23. The van der Waals surface area contributed by atoms with E-state index < -0.39 is 0 Å². The lowest BCUT2D eigenvalue weighted by molar-refractivity contribution is 0.0478. The van der Waals surface area contributed by atoms with Crippen molar-refractivity contribution in [2.24, 2.45) is 0 Å². The maximum atomic E-state index is 5.63. The lowest BCUT2D eigenvalue weighted by Crippen LogP contribution is -2.06. The molecule has 19 heavy (non-hydrogen) atoms. The number of rotatable bonds is 6. The SMILES string of the molecule is CCCC(OCC)c1noc(-c2cccc(N)n2)n1. The van der Waals surface area contributed by atoms with Crippen molar-refractivity contribution >= 4 is 5.82 Å². The van der Waals surface area contributed by atoms with Crippen LogP contribution in [0.4, 0.5) is 5.82 Å². The van der Waals surface area contributed by atoms with Crippen molar-refractivity contribution in [2.45, 2.75) is 32.8 Å². The molecule has 0 aromatic carbocycles. The molecular formula is C13H18N4O2. The molecule has 0 bridgehead atoms. The van der Waals surface area contributed by atoms with E-state index in [1.54, 1.807) is 18.2 Å². The Hall–Kier alpha value is -1.95. The van der Waals surface area contributed by atoms with E-state index in [1.165, 1.54) is 0 Å². The molecule has 0 amide bonds. The molecule has 0 saturated heterocycles.